The molecule has 0 aliphatic heterocycles. The van der Waals surface area contributed by atoms with Crippen molar-refractivity contribution < 1.29 is 14.7 Å². The van der Waals surface area contributed by atoms with Gasteiger partial charge in [-0.15, -0.1) is 0 Å². The number of aryl methyl sites for hydroxylation is 1. The molecular weight excluding hydrogens is 306 g/mol. The fourth-order valence-electron chi connectivity index (χ4n) is 5.47. The minimum atomic E-state index is -0.612. The molecule has 0 saturated heterocycles. The van der Waals surface area contributed by atoms with Gasteiger partial charge in [-0.05, 0) is 69.3 Å². The lowest BCUT2D eigenvalue weighted by molar-refractivity contribution is -0.151. The number of aliphatic carboxylic acids is 1. The van der Waals surface area contributed by atoms with Crippen LogP contribution in [0.3, 0.4) is 0 Å². The molecule has 1 aromatic heterocycles. The molecule has 5 unspecified atom stereocenters. The number of aromatic nitrogens is 2. The van der Waals surface area contributed by atoms with E-state index in [4.69, 9.17) is 0 Å². The fraction of sp³-hybridized carbons (Fsp3) is 0.667. The minimum Gasteiger partial charge on any atom is -0.481 e. The summed E-state index contributed by atoms with van der Waals surface area (Å²) in [5.74, 6) is 1.17. The summed E-state index contributed by atoms with van der Waals surface area (Å²) in [4.78, 5) is 32.4. The third-order valence-electron chi connectivity index (χ3n) is 6.29. The first kappa shape index (κ1) is 15.5. The van der Waals surface area contributed by atoms with Gasteiger partial charge in [0, 0.05) is 12.2 Å². The van der Waals surface area contributed by atoms with Crippen molar-refractivity contribution in [1.82, 2.24) is 15.3 Å². The van der Waals surface area contributed by atoms with Gasteiger partial charge < -0.3 is 10.4 Å². The van der Waals surface area contributed by atoms with Crippen LogP contribution in [-0.4, -0.2) is 33.0 Å². The number of hydrogen-bond acceptors (Lipinski definition) is 4. The van der Waals surface area contributed by atoms with E-state index in [0.29, 0.717) is 29.3 Å². The van der Waals surface area contributed by atoms with E-state index in [2.05, 4.69) is 15.3 Å². The second kappa shape index (κ2) is 5.53. The van der Waals surface area contributed by atoms with Crippen LogP contribution in [0.5, 0.6) is 0 Å². The third-order valence-corrected chi connectivity index (χ3v) is 6.29. The molecule has 1 heterocycles. The molecule has 128 valence electrons. The molecule has 5 atom stereocenters. The van der Waals surface area contributed by atoms with Gasteiger partial charge in [0.05, 0.1) is 5.41 Å². The van der Waals surface area contributed by atoms with Crippen molar-refractivity contribution in [2.24, 2.45) is 23.2 Å². The molecule has 1 aromatic rings. The molecule has 3 saturated carbocycles. The number of hydrogen-bond donors (Lipinski definition) is 2. The van der Waals surface area contributed by atoms with E-state index in [1.54, 1.807) is 19.2 Å². The molecule has 0 radical (unpaired) electrons. The highest BCUT2D eigenvalue weighted by molar-refractivity contribution is 5.92. The summed E-state index contributed by atoms with van der Waals surface area (Å²) in [5.41, 5.74) is -0.0833. The first-order valence-corrected chi connectivity index (χ1v) is 8.79. The van der Waals surface area contributed by atoms with Crippen LogP contribution in [0.2, 0.25) is 0 Å². The predicted octanol–water partition coefficient (Wildman–Crippen LogP) is 2.18. The van der Waals surface area contributed by atoms with Crippen molar-refractivity contribution >= 4 is 11.9 Å². The van der Waals surface area contributed by atoms with Crippen LogP contribution in [0.25, 0.3) is 0 Å². The van der Waals surface area contributed by atoms with E-state index >= 15 is 0 Å². The summed E-state index contributed by atoms with van der Waals surface area (Å²) >= 11 is 0. The molecule has 0 spiro atoms. The van der Waals surface area contributed by atoms with Crippen LogP contribution in [0.4, 0.5) is 0 Å². The summed E-state index contributed by atoms with van der Waals surface area (Å²) in [6, 6.07) is 1.76. The monoisotopic (exact) mass is 329 g/mol. The van der Waals surface area contributed by atoms with Crippen LogP contribution in [-0.2, 0) is 4.79 Å². The molecule has 4 rings (SSSR count). The standard InChI is InChI=1S/C18H23N3O3/c1-10-19-3-2-15(20-10)16(22)21-14-5-11-4-12-8-18(7-11,17(23)24)9-13(12)6-14/h2-3,11-14H,4-9H2,1H3,(H,21,22)(H,23,24). The number of amides is 1. The molecule has 3 aliphatic carbocycles. The molecule has 0 aromatic carbocycles. The first-order valence-electron chi connectivity index (χ1n) is 8.79. The Labute approximate surface area is 141 Å². The number of nitrogens with one attached hydrogen (secondary N) is 1. The topological polar surface area (TPSA) is 92.2 Å². The normalized spacial score (nSPS) is 37.0. The number of carbonyl (C=O) groups is 2. The van der Waals surface area contributed by atoms with E-state index < -0.39 is 11.4 Å². The average molecular weight is 329 g/mol. The van der Waals surface area contributed by atoms with Crippen LogP contribution < -0.4 is 5.32 Å². The van der Waals surface area contributed by atoms with Crippen LogP contribution in [0.1, 0.15) is 54.8 Å². The Morgan fingerprint density at radius 3 is 2.67 bits per heavy atom. The Bertz CT molecular complexity index is 688. The van der Waals surface area contributed by atoms with Gasteiger partial charge in [-0.2, -0.15) is 0 Å². The molecule has 3 aliphatic rings. The number of rotatable bonds is 3. The van der Waals surface area contributed by atoms with Crippen molar-refractivity contribution in [3.8, 4) is 0 Å². The Kier molecular flexibility index (Phi) is 3.58. The number of nitrogens with zero attached hydrogens (tertiary/aromatic N) is 2. The Hall–Kier alpha value is -1.98. The van der Waals surface area contributed by atoms with E-state index in [9.17, 15) is 14.7 Å². The summed E-state index contributed by atoms with van der Waals surface area (Å²) in [5, 5.41) is 12.8. The lowest BCUT2D eigenvalue weighted by Crippen LogP contribution is -2.40. The van der Waals surface area contributed by atoms with Crippen molar-refractivity contribution in [3.05, 3.63) is 23.8 Å². The van der Waals surface area contributed by atoms with Crippen LogP contribution >= 0.6 is 0 Å². The van der Waals surface area contributed by atoms with Gasteiger partial charge in [0.25, 0.3) is 5.91 Å². The number of carbonyl (C=O) groups excluding carboxylic acids is 1. The van der Waals surface area contributed by atoms with Gasteiger partial charge in [-0.1, -0.05) is 0 Å². The quantitative estimate of drug-likeness (QED) is 0.887. The number of carboxylic acids is 1. The molecule has 3 fully saturated rings. The van der Waals surface area contributed by atoms with Crippen molar-refractivity contribution in [1.29, 1.82) is 0 Å². The third kappa shape index (κ3) is 2.58. The van der Waals surface area contributed by atoms with Gasteiger partial charge in [0.15, 0.2) is 0 Å². The van der Waals surface area contributed by atoms with E-state index in [0.717, 1.165) is 38.5 Å². The highest BCUT2D eigenvalue weighted by Crippen LogP contribution is 2.60. The molecule has 3 bridgehead atoms. The highest BCUT2D eigenvalue weighted by atomic mass is 16.4. The van der Waals surface area contributed by atoms with Crippen molar-refractivity contribution in [2.75, 3.05) is 0 Å². The maximum absolute atomic E-state index is 12.5. The highest BCUT2D eigenvalue weighted by Gasteiger charge is 2.56. The molecule has 24 heavy (non-hydrogen) atoms. The Morgan fingerprint density at radius 1 is 1.21 bits per heavy atom. The summed E-state index contributed by atoms with van der Waals surface area (Å²) in [7, 11) is 0. The first-order chi connectivity index (χ1) is 11.4. The number of carboxylic acid groups (broad SMARTS) is 1. The number of fused-ring (bicyclic) bond motifs is 2. The molecule has 1 amide bonds. The van der Waals surface area contributed by atoms with Gasteiger partial charge >= 0.3 is 5.97 Å². The molecule has 6 nitrogen and oxygen atoms in total. The summed E-state index contributed by atoms with van der Waals surface area (Å²) in [6.07, 6.45) is 6.89. The zero-order valence-corrected chi connectivity index (χ0v) is 13.9. The maximum Gasteiger partial charge on any atom is 0.309 e. The molecule has 2 N–H and O–H groups in total. The summed E-state index contributed by atoms with van der Waals surface area (Å²) < 4.78 is 0. The van der Waals surface area contributed by atoms with E-state index in [1.165, 1.54) is 0 Å². The minimum absolute atomic E-state index is 0.123. The van der Waals surface area contributed by atoms with Crippen molar-refractivity contribution in [3.63, 3.8) is 0 Å². The zero-order chi connectivity index (χ0) is 16.9. The molecular formula is C18H23N3O3. The fourth-order valence-corrected chi connectivity index (χ4v) is 5.47. The SMILES string of the molecule is Cc1nccc(C(=O)NC2CC3CC4CC(C(=O)O)(C3)CC4C2)n1. The second-order valence-electron chi connectivity index (χ2n) is 7.95. The van der Waals surface area contributed by atoms with E-state index in [-0.39, 0.29) is 11.9 Å². The predicted molar refractivity (Wildman–Crippen MR) is 86.3 cm³/mol. The Morgan fingerprint density at radius 2 is 1.96 bits per heavy atom. The van der Waals surface area contributed by atoms with Crippen LogP contribution in [0.15, 0.2) is 12.3 Å². The Balaban J connectivity index is 1.48. The van der Waals surface area contributed by atoms with Crippen LogP contribution in [0, 0.1) is 30.1 Å². The second-order valence-corrected chi connectivity index (χ2v) is 7.95. The van der Waals surface area contributed by atoms with E-state index in [1.807, 2.05) is 0 Å². The van der Waals surface area contributed by atoms with Gasteiger partial charge in [0.1, 0.15) is 11.5 Å². The zero-order valence-electron chi connectivity index (χ0n) is 13.9. The molecule has 6 heteroatoms. The summed E-state index contributed by atoms with van der Waals surface area (Å²) in [6.45, 7) is 1.77. The van der Waals surface area contributed by atoms with Gasteiger partial charge in [-0.3, -0.25) is 9.59 Å². The maximum atomic E-state index is 12.5. The van der Waals surface area contributed by atoms with Gasteiger partial charge in [-0.25, -0.2) is 9.97 Å². The lowest BCUT2D eigenvalue weighted by Gasteiger charge is -2.35. The smallest absolute Gasteiger partial charge is 0.309 e. The lowest BCUT2D eigenvalue weighted by atomic mass is 9.69. The van der Waals surface area contributed by atoms with Gasteiger partial charge in [0.2, 0.25) is 0 Å². The largest absolute Gasteiger partial charge is 0.481 e. The van der Waals surface area contributed by atoms with Crippen molar-refractivity contribution in [2.45, 2.75) is 51.5 Å². The average Bonchev–Trinajstić information content (AvgIpc) is 2.71.